The van der Waals surface area contributed by atoms with E-state index in [1.165, 1.54) is 24.0 Å². The number of benzene rings is 1. The van der Waals surface area contributed by atoms with Gasteiger partial charge in [0.2, 0.25) is 0 Å². The zero-order valence-electron chi connectivity index (χ0n) is 11.8. The number of hydrogen-bond donors (Lipinski definition) is 1. The normalized spacial score (nSPS) is 25.2. The van der Waals surface area contributed by atoms with Gasteiger partial charge in [-0.15, -0.1) is 0 Å². The lowest BCUT2D eigenvalue weighted by Crippen LogP contribution is -2.44. The number of likely N-dealkylation sites (tertiary alicyclic amines) is 1. The third kappa shape index (κ3) is 2.83. The summed E-state index contributed by atoms with van der Waals surface area (Å²) in [5, 5.41) is 3.55. The summed E-state index contributed by atoms with van der Waals surface area (Å²) in [5.41, 5.74) is 2.99. The predicted octanol–water partition coefficient (Wildman–Crippen LogP) is 2.33. The van der Waals surface area contributed by atoms with Crippen molar-refractivity contribution < 1.29 is 4.74 Å². The standard InChI is InChI=1S/C16H24N2O/c1-2-19-14-7-9-18(10-8-14)16-12-17-11-13-5-3-4-6-15(13)16/h3-6,14,16-17H,2,7-12H2,1H3. The maximum atomic E-state index is 5.75. The van der Waals surface area contributed by atoms with Gasteiger partial charge in [0.1, 0.15) is 0 Å². The SMILES string of the molecule is CCOC1CCN(C2CNCc3ccccc32)CC1. The molecule has 0 amide bonds. The minimum atomic E-state index is 0.480. The molecule has 1 atom stereocenters. The predicted molar refractivity (Wildman–Crippen MR) is 77.1 cm³/mol. The van der Waals surface area contributed by atoms with E-state index in [4.69, 9.17) is 4.74 Å². The number of piperidine rings is 1. The van der Waals surface area contributed by atoms with E-state index in [-0.39, 0.29) is 0 Å². The summed E-state index contributed by atoms with van der Waals surface area (Å²) < 4.78 is 5.75. The molecule has 1 aromatic rings. The Kier molecular flexibility index (Phi) is 4.16. The monoisotopic (exact) mass is 260 g/mol. The van der Waals surface area contributed by atoms with Crippen molar-refractivity contribution in [2.75, 3.05) is 26.2 Å². The molecular formula is C16H24N2O. The maximum absolute atomic E-state index is 5.75. The van der Waals surface area contributed by atoms with Gasteiger partial charge in [0, 0.05) is 38.8 Å². The fraction of sp³-hybridized carbons (Fsp3) is 0.625. The van der Waals surface area contributed by atoms with Crippen LogP contribution in [0.5, 0.6) is 0 Å². The molecule has 0 radical (unpaired) electrons. The average molecular weight is 260 g/mol. The molecule has 2 aliphatic heterocycles. The molecule has 1 unspecified atom stereocenters. The number of rotatable bonds is 3. The Balaban J connectivity index is 1.68. The molecule has 19 heavy (non-hydrogen) atoms. The Hall–Kier alpha value is -0.900. The largest absolute Gasteiger partial charge is 0.378 e. The van der Waals surface area contributed by atoms with Crippen molar-refractivity contribution in [3.8, 4) is 0 Å². The molecule has 1 fully saturated rings. The third-order valence-corrected chi connectivity index (χ3v) is 4.39. The van der Waals surface area contributed by atoms with Gasteiger partial charge < -0.3 is 10.1 Å². The maximum Gasteiger partial charge on any atom is 0.0599 e. The Morgan fingerprint density at radius 2 is 2.05 bits per heavy atom. The summed E-state index contributed by atoms with van der Waals surface area (Å²) >= 11 is 0. The molecule has 0 aliphatic carbocycles. The Labute approximate surface area is 115 Å². The van der Waals surface area contributed by atoms with Gasteiger partial charge in [-0.05, 0) is 30.9 Å². The second-order valence-electron chi connectivity index (χ2n) is 5.54. The second kappa shape index (κ2) is 6.04. The molecule has 1 aromatic carbocycles. The van der Waals surface area contributed by atoms with Crippen LogP contribution < -0.4 is 5.32 Å². The summed E-state index contributed by atoms with van der Waals surface area (Å²) in [6.45, 7) is 7.35. The lowest BCUT2D eigenvalue weighted by atomic mass is 9.93. The van der Waals surface area contributed by atoms with Crippen LogP contribution >= 0.6 is 0 Å². The number of nitrogens with zero attached hydrogens (tertiary/aromatic N) is 1. The molecule has 0 spiro atoms. The van der Waals surface area contributed by atoms with Gasteiger partial charge in [-0.25, -0.2) is 0 Å². The zero-order chi connectivity index (χ0) is 13.1. The smallest absolute Gasteiger partial charge is 0.0599 e. The third-order valence-electron chi connectivity index (χ3n) is 4.39. The van der Waals surface area contributed by atoms with Crippen molar-refractivity contribution in [2.24, 2.45) is 0 Å². The van der Waals surface area contributed by atoms with Crippen LogP contribution in [0.15, 0.2) is 24.3 Å². The molecule has 2 heterocycles. The summed E-state index contributed by atoms with van der Waals surface area (Å²) in [7, 11) is 0. The fourth-order valence-electron chi connectivity index (χ4n) is 3.39. The molecule has 104 valence electrons. The van der Waals surface area contributed by atoms with E-state index in [1.54, 1.807) is 0 Å². The first-order valence-electron chi connectivity index (χ1n) is 7.52. The summed E-state index contributed by atoms with van der Waals surface area (Å²) in [6, 6.07) is 9.41. The minimum absolute atomic E-state index is 0.480. The van der Waals surface area contributed by atoms with Crippen molar-refractivity contribution in [3.05, 3.63) is 35.4 Å². The van der Waals surface area contributed by atoms with Gasteiger partial charge in [0.05, 0.1) is 6.10 Å². The van der Waals surface area contributed by atoms with Crippen LogP contribution in [0.1, 0.15) is 36.9 Å². The van der Waals surface area contributed by atoms with Crippen LogP contribution in [0, 0.1) is 0 Å². The Morgan fingerprint density at radius 1 is 1.26 bits per heavy atom. The minimum Gasteiger partial charge on any atom is -0.378 e. The van der Waals surface area contributed by atoms with Crippen LogP contribution in [0.4, 0.5) is 0 Å². The van der Waals surface area contributed by atoms with E-state index in [9.17, 15) is 0 Å². The molecule has 3 heteroatoms. The summed E-state index contributed by atoms with van der Waals surface area (Å²) in [4.78, 5) is 2.63. The first-order chi connectivity index (χ1) is 9.38. The van der Waals surface area contributed by atoms with Crippen molar-refractivity contribution in [2.45, 2.75) is 38.5 Å². The Morgan fingerprint density at radius 3 is 2.84 bits per heavy atom. The van der Waals surface area contributed by atoms with Crippen molar-refractivity contribution in [1.82, 2.24) is 10.2 Å². The van der Waals surface area contributed by atoms with E-state index in [0.29, 0.717) is 12.1 Å². The van der Waals surface area contributed by atoms with Gasteiger partial charge in [-0.2, -0.15) is 0 Å². The van der Waals surface area contributed by atoms with Crippen molar-refractivity contribution >= 4 is 0 Å². The Bertz CT molecular complexity index is 413. The lowest BCUT2D eigenvalue weighted by Gasteiger charge is -2.40. The van der Waals surface area contributed by atoms with Crippen LogP contribution in [0.2, 0.25) is 0 Å². The van der Waals surface area contributed by atoms with Crippen molar-refractivity contribution in [3.63, 3.8) is 0 Å². The van der Waals surface area contributed by atoms with Gasteiger partial charge in [-0.1, -0.05) is 24.3 Å². The van der Waals surface area contributed by atoms with Gasteiger partial charge in [0.25, 0.3) is 0 Å². The van der Waals surface area contributed by atoms with Gasteiger partial charge in [0.15, 0.2) is 0 Å². The molecular weight excluding hydrogens is 236 g/mol. The zero-order valence-corrected chi connectivity index (χ0v) is 11.8. The van der Waals surface area contributed by atoms with Crippen LogP contribution in [0.25, 0.3) is 0 Å². The van der Waals surface area contributed by atoms with E-state index >= 15 is 0 Å². The first kappa shape index (κ1) is 13.1. The fourth-order valence-corrected chi connectivity index (χ4v) is 3.39. The summed E-state index contributed by atoms with van der Waals surface area (Å²) in [5.74, 6) is 0. The first-order valence-corrected chi connectivity index (χ1v) is 7.52. The van der Waals surface area contributed by atoms with Crippen molar-refractivity contribution in [1.29, 1.82) is 0 Å². The summed E-state index contributed by atoms with van der Waals surface area (Å²) in [6.07, 6.45) is 2.83. The van der Waals surface area contributed by atoms with Crippen LogP contribution in [0.3, 0.4) is 0 Å². The van der Waals surface area contributed by atoms with Gasteiger partial charge >= 0.3 is 0 Å². The van der Waals surface area contributed by atoms with E-state index in [1.807, 2.05) is 0 Å². The number of ether oxygens (including phenoxy) is 1. The molecule has 1 N–H and O–H groups in total. The molecule has 1 saturated heterocycles. The molecule has 2 aliphatic rings. The average Bonchev–Trinajstić information content (AvgIpc) is 2.48. The van der Waals surface area contributed by atoms with E-state index in [0.717, 1.165) is 32.8 Å². The number of hydrogen-bond acceptors (Lipinski definition) is 3. The highest BCUT2D eigenvalue weighted by Crippen LogP contribution is 2.29. The van der Waals surface area contributed by atoms with E-state index < -0.39 is 0 Å². The number of nitrogens with one attached hydrogen (secondary N) is 1. The highest BCUT2D eigenvalue weighted by Gasteiger charge is 2.29. The van der Waals surface area contributed by atoms with Crippen LogP contribution in [-0.4, -0.2) is 37.2 Å². The van der Waals surface area contributed by atoms with E-state index in [2.05, 4.69) is 41.4 Å². The number of fused-ring (bicyclic) bond motifs is 1. The highest BCUT2D eigenvalue weighted by molar-refractivity contribution is 5.32. The quantitative estimate of drug-likeness (QED) is 0.903. The molecule has 0 saturated carbocycles. The van der Waals surface area contributed by atoms with Crippen LogP contribution in [-0.2, 0) is 11.3 Å². The molecule has 0 bridgehead atoms. The van der Waals surface area contributed by atoms with Gasteiger partial charge in [-0.3, -0.25) is 4.90 Å². The molecule has 3 nitrogen and oxygen atoms in total. The molecule has 0 aromatic heterocycles. The lowest BCUT2D eigenvalue weighted by molar-refractivity contribution is 0.00284. The second-order valence-corrected chi connectivity index (χ2v) is 5.54. The highest BCUT2D eigenvalue weighted by atomic mass is 16.5. The molecule has 3 rings (SSSR count). The topological polar surface area (TPSA) is 24.5 Å².